The smallest absolute Gasteiger partial charge is 0.273 e. The van der Waals surface area contributed by atoms with E-state index in [1.165, 1.54) is 0 Å². The van der Waals surface area contributed by atoms with Crippen LogP contribution in [0.2, 0.25) is 0 Å². The maximum atomic E-state index is 11.7. The number of thioether (sulfide) groups is 1. The third kappa shape index (κ3) is 4.81. The third-order valence-electron chi connectivity index (χ3n) is 2.63. The maximum absolute atomic E-state index is 11.7. The molecule has 0 radical (unpaired) electrons. The van der Waals surface area contributed by atoms with E-state index in [1.807, 2.05) is 6.07 Å². The molecule has 0 aliphatic rings. The Hall–Kier alpha value is -2.48. The van der Waals surface area contributed by atoms with Crippen LogP contribution in [0.3, 0.4) is 0 Å². The Balaban J connectivity index is 1.81. The first kappa shape index (κ1) is 15.9. The average molecular weight is 318 g/mol. The van der Waals surface area contributed by atoms with Crippen molar-refractivity contribution in [2.24, 2.45) is 0 Å². The highest BCUT2D eigenvalue weighted by Gasteiger charge is 2.11. The fraction of sp³-hybridized carbons (Fsp3) is 0.214. The molecular weight excluding hydrogens is 304 g/mol. The number of rotatable bonds is 6. The van der Waals surface area contributed by atoms with Gasteiger partial charge in [0.15, 0.2) is 10.9 Å². The number of nitrogens with zero attached hydrogens (tertiary/aromatic N) is 2. The summed E-state index contributed by atoms with van der Waals surface area (Å²) in [7, 11) is 0. The highest BCUT2D eigenvalue weighted by molar-refractivity contribution is 7.99. The Bertz CT molecular complexity index is 730. The Morgan fingerprint density at radius 2 is 1.95 bits per heavy atom. The van der Waals surface area contributed by atoms with Gasteiger partial charge >= 0.3 is 0 Å². The van der Waals surface area contributed by atoms with Gasteiger partial charge in [-0.25, -0.2) is 0 Å². The lowest BCUT2D eigenvalue weighted by Gasteiger charge is -2.04. The zero-order chi connectivity index (χ0) is 15.9. The number of aromatic nitrogens is 3. The molecule has 1 amide bonds. The number of carbonyl (C=O) groups excluding carboxylic acids is 2. The molecule has 0 saturated carbocycles. The zero-order valence-electron chi connectivity index (χ0n) is 11.8. The number of nitrogens with one attached hydrogen (secondary N) is 2. The van der Waals surface area contributed by atoms with Crippen LogP contribution in [-0.4, -0.2) is 32.6 Å². The Morgan fingerprint density at radius 1 is 1.23 bits per heavy atom. The van der Waals surface area contributed by atoms with Gasteiger partial charge in [0.1, 0.15) is 5.69 Å². The van der Waals surface area contributed by atoms with E-state index in [1.54, 1.807) is 31.2 Å². The van der Waals surface area contributed by atoms with Crippen LogP contribution in [0, 0.1) is 6.92 Å². The second-order valence-electron chi connectivity index (χ2n) is 4.46. The molecule has 1 aromatic heterocycles. The minimum absolute atomic E-state index is 0.0376. The normalized spacial score (nSPS) is 10.2. The summed E-state index contributed by atoms with van der Waals surface area (Å²) in [6, 6.07) is 8.90. The van der Waals surface area contributed by atoms with Crippen molar-refractivity contribution in [2.45, 2.75) is 18.5 Å². The van der Waals surface area contributed by atoms with Gasteiger partial charge in [-0.2, -0.15) is 0 Å². The predicted molar refractivity (Wildman–Crippen MR) is 82.8 cm³/mol. The van der Waals surface area contributed by atoms with Crippen molar-refractivity contribution in [2.75, 3.05) is 11.1 Å². The molecule has 1 heterocycles. The van der Waals surface area contributed by atoms with E-state index in [9.17, 15) is 14.4 Å². The van der Waals surface area contributed by atoms with Gasteiger partial charge in [0.05, 0.1) is 12.2 Å². The van der Waals surface area contributed by atoms with Crippen molar-refractivity contribution in [1.29, 1.82) is 0 Å². The van der Waals surface area contributed by atoms with Crippen molar-refractivity contribution in [1.82, 2.24) is 15.2 Å². The summed E-state index contributed by atoms with van der Waals surface area (Å²) in [4.78, 5) is 37.3. The van der Waals surface area contributed by atoms with Crippen molar-refractivity contribution in [3.05, 3.63) is 46.4 Å². The molecule has 1 aromatic carbocycles. The molecule has 0 aliphatic heterocycles. The van der Waals surface area contributed by atoms with Crippen LogP contribution in [0.25, 0.3) is 0 Å². The third-order valence-corrected chi connectivity index (χ3v) is 3.55. The second-order valence-corrected chi connectivity index (χ2v) is 5.43. The van der Waals surface area contributed by atoms with Gasteiger partial charge in [-0.3, -0.25) is 19.4 Å². The fourth-order valence-electron chi connectivity index (χ4n) is 1.55. The van der Waals surface area contributed by atoms with Gasteiger partial charge in [-0.05, 0) is 19.1 Å². The Labute approximate surface area is 130 Å². The molecule has 7 nitrogen and oxygen atoms in total. The van der Waals surface area contributed by atoms with Crippen LogP contribution in [0.1, 0.15) is 12.1 Å². The summed E-state index contributed by atoms with van der Waals surface area (Å²) < 4.78 is 0. The molecule has 0 spiro atoms. The number of para-hydroxylation sites is 1. The monoisotopic (exact) mass is 318 g/mol. The lowest BCUT2D eigenvalue weighted by molar-refractivity contribution is -0.123. The van der Waals surface area contributed by atoms with Crippen molar-refractivity contribution < 1.29 is 9.59 Å². The molecule has 2 N–H and O–H groups in total. The van der Waals surface area contributed by atoms with Gasteiger partial charge in [-0.15, -0.1) is 10.2 Å². The van der Waals surface area contributed by atoms with E-state index in [0.29, 0.717) is 5.69 Å². The van der Waals surface area contributed by atoms with E-state index in [2.05, 4.69) is 20.5 Å². The van der Waals surface area contributed by atoms with Crippen LogP contribution in [0.4, 0.5) is 5.69 Å². The molecule has 114 valence electrons. The molecule has 0 unspecified atom stereocenters. The number of H-pyrrole nitrogens is 1. The largest absolute Gasteiger partial charge is 0.326 e. The number of amides is 1. The van der Waals surface area contributed by atoms with Gasteiger partial charge in [0.2, 0.25) is 5.91 Å². The number of aryl methyl sites for hydroxylation is 1. The van der Waals surface area contributed by atoms with E-state index in [4.69, 9.17) is 0 Å². The van der Waals surface area contributed by atoms with Crippen LogP contribution >= 0.6 is 11.8 Å². The fourth-order valence-corrected chi connectivity index (χ4v) is 2.21. The number of hydrogen-bond acceptors (Lipinski definition) is 6. The molecule has 22 heavy (non-hydrogen) atoms. The number of anilines is 1. The number of benzene rings is 1. The summed E-state index contributed by atoms with van der Waals surface area (Å²) >= 11 is 1.04. The van der Waals surface area contributed by atoms with Crippen molar-refractivity contribution in [3.8, 4) is 0 Å². The zero-order valence-corrected chi connectivity index (χ0v) is 12.6. The SMILES string of the molecule is Cc1nnc(SCC(=O)CC(=O)Nc2ccccc2)[nH]c1=O. The number of Topliss-reactive ketones (excluding diaryl/α,β-unsaturated/α-hetero) is 1. The highest BCUT2D eigenvalue weighted by atomic mass is 32.2. The Kier molecular flexibility index (Phi) is 5.42. The summed E-state index contributed by atoms with van der Waals surface area (Å²) in [6.07, 6.45) is -0.231. The van der Waals surface area contributed by atoms with Crippen LogP contribution < -0.4 is 10.9 Å². The quantitative estimate of drug-likeness (QED) is 0.612. The molecule has 0 bridgehead atoms. The minimum atomic E-state index is -0.375. The first-order valence-electron chi connectivity index (χ1n) is 6.47. The molecular formula is C14H14N4O3S. The first-order chi connectivity index (χ1) is 10.5. The van der Waals surface area contributed by atoms with Crippen molar-refractivity contribution in [3.63, 3.8) is 0 Å². The van der Waals surface area contributed by atoms with Gasteiger partial charge in [0, 0.05) is 5.69 Å². The minimum Gasteiger partial charge on any atom is -0.326 e. The maximum Gasteiger partial charge on any atom is 0.273 e. The molecule has 0 saturated heterocycles. The van der Waals surface area contributed by atoms with E-state index < -0.39 is 0 Å². The molecule has 0 atom stereocenters. The van der Waals surface area contributed by atoms with Gasteiger partial charge in [-0.1, -0.05) is 30.0 Å². The lowest BCUT2D eigenvalue weighted by atomic mass is 10.2. The average Bonchev–Trinajstić information content (AvgIpc) is 2.49. The van der Waals surface area contributed by atoms with Crippen LogP contribution in [0.5, 0.6) is 0 Å². The highest BCUT2D eigenvalue weighted by Crippen LogP contribution is 2.11. The molecule has 2 aromatic rings. The van der Waals surface area contributed by atoms with Crippen LogP contribution in [-0.2, 0) is 9.59 Å². The van der Waals surface area contributed by atoms with Crippen molar-refractivity contribution >= 4 is 29.1 Å². The Morgan fingerprint density at radius 3 is 2.64 bits per heavy atom. The number of ketones is 1. The van der Waals surface area contributed by atoms with Gasteiger partial charge in [0.25, 0.3) is 5.56 Å². The lowest BCUT2D eigenvalue weighted by Crippen LogP contribution is -2.18. The molecule has 0 fully saturated rings. The summed E-state index contributed by atoms with van der Waals surface area (Å²) in [5, 5.41) is 10.3. The second kappa shape index (κ2) is 7.51. The van der Waals surface area contributed by atoms with E-state index in [0.717, 1.165) is 11.8 Å². The van der Waals surface area contributed by atoms with E-state index in [-0.39, 0.29) is 40.3 Å². The molecule has 0 aliphatic carbocycles. The number of carbonyl (C=O) groups is 2. The summed E-state index contributed by atoms with van der Waals surface area (Å²) in [5.41, 5.74) is 0.561. The summed E-state index contributed by atoms with van der Waals surface area (Å²) in [5.74, 6) is -0.600. The van der Waals surface area contributed by atoms with Crippen LogP contribution in [0.15, 0.2) is 40.3 Å². The van der Waals surface area contributed by atoms with Gasteiger partial charge < -0.3 is 5.32 Å². The first-order valence-corrected chi connectivity index (χ1v) is 7.46. The molecule has 2 rings (SSSR count). The topological polar surface area (TPSA) is 105 Å². The predicted octanol–water partition coefficient (Wildman–Crippen LogP) is 1.16. The summed E-state index contributed by atoms with van der Waals surface area (Å²) in [6.45, 7) is 1.54. The number of hydrogen-bond donors (Lipinski definition) is 2. The van der Waals surface area contributed by atoms with E-state index >= 15 is 0 Å². The molecule has 8 heteroatoms. The number of aromatic amines is 1. The standard InChI is InChI=1S/C14H14N4O3S/c1-9-13(21)16-14(18-17-9)22-8-11(19)7-12(20)15-10-5-3-2-4-6-10/h2-6H,7-8H2,1H3,(H,15,20)(H,16,18,21).